The van der Waals surface area contributed by atoms with E-state index in [0.717, 1.165) is 25.8 Å². The van der Waals surface area contributed by atoms with Gasteiger partial charge in [0.15, 0.2) is 0 Å². The molecule has 2 fully saturated rings. The second-order valence-electron chi connectivity index (χ2n) is 8.21. The number of benzene rings is 3. The molecule has 1 aliphatic heterocycles. The molecular weight excluding hydrogens is 378 g/mol. The highest BCUT2D eigenvalue weighted by molar-refractivity contribution is 5.85. The number of nitrogens with zero attached hydrogens (tertiary/aromatic N) is 1. The van der Waals surface area contributed by atoms with Crippen LogP contribution < -0.4 is 4.90 Å². The lowest BCUT2D eigenvalue weighted by atomic mass is 9.65. The molecule has 0 radical (unpaired) electrons. The van der Waals surface area contributed by atoms with Gasteiger partial charge in [0.05, 0.1) is 11.6 Å². The summed E-state index contributed by atoms with van der Waals surface area (Å²) in [5.41, 5.74) is 3.63. The van der Waals surface area contributed by atoms with Crippen molar-refractivity contribution in [1.82, 2.24) is 0 Å². The van der Waals surface area contributed by atoms with Crippen LogP contribution in [-0.4, -0.2) is 17.8 Å². The molecule has 3 unspecified atom stereocenters. The zero-order valence-electron chi connectivity index (χ0n) is 16.5. The minimum absolute atomic E-state index is 0. The molecule has 0 bridgehead atoms. The maximum Gasteiger partial charge on any atom is 0.0938 e. The minimum Gasteiger partial charge on any atom is -0.393 e. The first-order chi connectivity index (χ1) is 13.8. The second-order valence-corrected chi connectivity index (χ2v) is 8.21. The van der Waals surface area contributed by atoms with Gasteiger partial charge in [0.1, 0.15) is 0 Å². The normalized spacial score (nSPS) is 25.1. The molecule has 2 nitrogen and oxygen atoms in total. The molecule has 0 amide bonds. The Balaban J connectivity index is 0.00000205. The maximum atomic E-state index is 10.9. The van der Waals surface area contributed by atoms with Crippen LogP contribution in [0.25, 0.3) is 0 Å². The van der Waals surface area contributed by atoms with Crippen LogP contribution in [0.1, 0.15) is 30.4 Å². The van der Waals surface area contributed by atoms with Crippen molar-refractivity contribution < 1.29 is 5.11 Å². The van der Waals surface area contributed by atoms with Gasteiger partial charge in [-0.1, -0.05) is 85.3 Å². The Kier molecular flexibility index (Phi) is 5.67. The van der Waals surface area contributed by atoms with Crippen LogP contribution in [0.15, 0.2) is 91.0 Å². The lowest BCUT2D eigenvalue weighted by molar-refractivity contribution is 0.0417. The van der Waals surface area contributed by atoms with E-state index in [2.05, 4.69) is 95.9 Å². The summed E-state index contributed by atoms with van der Waals surface area (Å²) in [5, 5.41) is 10.9. The van der Waals surface area contributed by atoms with Crippen molar-refractivity contribution in [2.24, 2.45) is 11.8 Å². The topological polar surface area (TPSA) is 23.5 Å². The molecule has 0 spiro atoms. The lowest BCUT2D eigenvalue weighted by Gasteiger charge is -2.46. The van der Waals surface area contributed by atoms with Gasteiger partial charge in [-0.2, -0.15) is 0 Å². The second kappa shape index (κ2) is 8.22. The van der Waals surface area contributed by atoms with E-state index in [1.165, 1.54) is 16.8 Å². The SMILES string of the molecule is Cl.OC1CCCC2C1CN(c1ccccc1)C2(c1ccccc1)c1ccccc1. The van der Waals surface area contributed by atoms with Crippen LogP contribution in [-0.2, 0) is 5.54 Å². The van der Waals surface area contributed by atoms with Crippen LogP contribution >= 0.6 is 12.4 Å². The average molecular weight is 406 g/mol. The summed E-state index contributed by atoms with van der Waals surface area (Å²) in [4.78, 5) is 2.57. The summed E-state index contributed by atoms with van der Waals surface area (Å²) in [6.45, 7) is 0.889. The summed E-state index contributed by atoms with van der Waals surface area (Å²) in [5.74, 6) is 0.677. The van der Waals surface area contributed by atoms with Gasteiger partial charge in [0.2, 0.25) is 0 Å². The molecule has 1 N–H and O–H groups in total. The van der Waals surface area contributed by atoms with Crippen LogP contribution in [0.5, 0.6) is 0 Å². The smallest absolute Gasteiger partial charge is 0.0938 e. The van der Waals surface area contributed by atoms with Gasteiger partial charge in [0, 0.05) is 18.2 Å². The van der Waals surface area contributed by atoms with E-state index in [1.807, 2.05) is 0 Å². The molecule has 5 rings (SSSR count). The van der Waals surface area contributed by atoms with Gasteiger partial charge in [0.25, 0.3) is 0 Å². The van der Waals surface area contributed by atoms with E-state index in [4.69, 9.17) is 0 Å². The number of para-hydroxylation sites is 1. The molecule has 29 heavy (non-hydrogen) atoms. The molecule has 0 aromatic heterocycles. The van der Waals surface area contributed by atoms with E-state index in [0.29, 0.717) is 5.92 Å². The highest BCUT2D eigenvalue weighted by Crippen LogP contribution is 2.56. The summed E-state index contributed by atoms with van der Waals surface area (Å²) in [6.07, 6.45) is 2.93. The number of anilines is 1. The summed E-state index contributed by atoms with van der Waals surface area (Å²) >= 11 is 0. The number of rotatable bonds is 3. The van der Waals surface area contributed by atoms with Gasteiger partial charge in [-0.15, -0.1) is 12.4 Å². The van der Waals surface area contributed by atoms with Crippen molar-refractivity contribution in [2.75, 3.05) is 11.4 Å². The lowest BCUT2D eigenvalue weighted by Crippen LogP contribution is -2.47. The monoisotopic (exact) mass is 405 g/mol. The van der Waals surface area contributed by atoms with Crippen molar-refractivity contribution in [3.8, 4) is 0 Å². The van der Waals surface area contributed by atoms with Gasteiger partial charge in [-0.3, -0.25) is 0 Å². The van der Waals surface area contributed by atoms with Gasteiger partial charge < -0.3 is 10.0 Å². The molecule has 3 aromatic rings. The van der Waals surface area contributed by atoms with Gasteiger partial charge in [-0.05, 0) is 42.0 Å². The molecular formula is C26H28ClNO. The van der Waals surface area contributed by atoms with Gasteiger partial charge >= 0.3 is 0 Å². The van der Waals surface area contributed by atoms with Crippen LogP contribution in [0.4, 0.5) is 5.69 Å². The van der Waals surface area contributed by atoms with Crippen molar-refractivity contribution in [1.29, 1.82) is 0 Å². The highest BCUT2D eigenvalue weighted by Gasteiger charge is 2.57. The van der Waals surface area contributed by atoms with Crippen LogP contribution in [0.2, 0.25) is 0 Å². The average Bonchev–Trinajstić information content (AvgIpc) is 3.13. The summed E-state index contributed by atoms with van der Waals surface area (Å²) in [7, 11) is 0. The quantitative estimate of drug-likeness (QED) is 0.608. The van der Waals surface area contributed by atoms with E-state index in [9.17, 15) is 5.11 Å². The van der Waals surface area contributed by atoms with Crippen molar-refractivity contribution in [3.63, 3.8) is 0 Å². The van der Waals surface area contributed by atoms with E-state index < -0.39 is 0 Å². The summed E-state index contributed by atoms with van der Waals surface area (Å²) < 4.78 is 0. The summed E-state index contributed by atoms with van der Waals surface area (Å²) in [6, 6.07) is 32.6. The maximum absolute atomic E-state index is 10.9. The third-order valence-electron chi connectivity index (χ3n) is 6.88. The van der Waals surface area contributed by atoms with E-state index in [-0.39, 0.29) is 30.0 Å². The highest BCUT2D eigenvalue weighted by atomic mass is 35.5. The zero-order valence-corrected chi connectivity index (χ0v) is 17.3. The third-order valence-corrected chi connectivity index (χ3v) is 6.88. The predicted octanol–water partition coefficient (Wildman–Crippen LogP) is 5.65. The Morgan fingerprint density at radius 2 is 1.24 bits per heavy atom. The zero-order chi connectivity index (χ0) is 19.0. The van der Waals surface area contributed by atoms with E-state index >= 15 is 0 Å². The number of halogens is 1. The molecule has 3 aromatic carbocycles. The molecule has 1 saturated heterocycles. The number of aliphatic hydroxyl groups is 1. The van der Waals surface area contributed by atoms with E-state index in [1.54, 1.807) is 0 Å². The Morgan fingerprint density at radius 1 is 0.724 bits per heavy atom. The third kappa shape index (κ3) is 3.15. The Bertz CT molecular complexity index is 876. The number of hydrogen-bond acceptors (Lipinski definition) is 2. The molecule has 1 aliphatic carbocycles. The minimum atomic E-state index is -0.254. The molecule has 1 heterocycles. The number of aliphatic hydroxyl groups excluding tert-OH is 1. The van der Waals surface area contributed by atoms with Crippen LogP contribution in [0, 0.1) is 11.8 Å². The fourth-order valence-electron chi connectivity index (χ4n) is 5.77. The first-order valence-corrected chi connectivity index (χ1v) is 10.4. The molecule has 3 heteroatoms. The fraction of sp³-hybridized carbons (Fsp3) is 0.308. The van der Waals surface area contributed by atoms with Crippen molar-refractivity contribution >= 4 is 18.1 Å². The fourth-order valence-corrected chi connectivity index (χ4v) is 5.77. The number of hydrogen-bond donors (Lipinski definition) is 1. The standard InChI is InChI=1S/C26H27NO.ClH/c28-25-18-10-17-24-23(25)19-27(22-15-8-3-9-16-22)26(24,20-11-4-1-5-12-20)21-13-6-2-7-14-21;/h1-9,11-16,23-25,28H,10,17-19H2;1H. The van der Waals surface area contributed by atoms with Crippen LogP contribution in [0.3, 0.4) is 0 Å². The van der Waals surface area contributed by atoms with Gasteiger partial charge in [-0.25, -0.2) is 0 Å². The molecule has 2 aliphatic rings. The number of fused-ring (bicyclic) bond motifs is 1. The Morgan fingerprint density at radius 3 is 1.79 bits per heavy atom. The largest absolute Gasteiger partial charge is 0.393 e. The van der Waals surface area contributed by atoms with Crippen molar-refractivity contribution in [2.45, 2.75) is 30.9 Å². The molecule has 150 valence electrons. The molecule has 1 saturated carbocycles. The first-order valence-electron chi connectivity index (χ1n) is 10.4. The first kappa shape index (κ1) is 20.0. The molecule has 3 atom stereocenters. The Hall–Kier alpha value is -2.29. The van der Waals surface area contributed by atoms with Crippen molar-refractivity contribution in [3.05, 3.63) is 102 Å². The Labute approximate surface area is 179 Å². The predicted molar refractivity (Wildman–Crippen MR) is 122 cm³/mol.